The van der Waals surface area contributed by atoms with Crippen molar-refractivity contribution in [3.63, 3.8) is 0 Å². The molecule has 0 amide bonds. The van der Waals surface area contributed by atoms with Gasteiger partial charge in [0, 0.05) is 34.7 Å². The van der Waals surface area contributed by atoms with Crippen molar-refractivity contribution in [3.05, 3.63) is 66.2 Å². The highest BCUT2D eigenvalue weighted by atomic mass is 32.2. The monoisotopic (exact) mass is 421 g/mol. The number of imidazole rings is 1. The van der Waals surface area contributed by atoms with Gasteiger partial charge >= 0.3 is 0 Å². The van der Waals surface area contributed by atoms with Gasteiger partial charge in [-0.1, -0.05) is 30.3 Å². The zero-order valence-corrected chi connectivity index (χ0v) is 17.2. The van der Waals surface area contributed by atoms with E-state index in [4.69, 9.17) is 0 Å². The summed E-state index contributed by atoms with van der Waals surface area (Å²) in [7, 11) is 0. The van der Waals surface area contributed by atoms with Crippen molar-refractivity contribution in [1.82, 2.24) is 24.7 Å². The number of hydrogen-bond donors (Lipinski definition) is 3. The van der Waals surface area contributed by atoms with E-state index in [1.165, 1.54) is 6.33 Å². The Morgan fingerprint density at radius 1 is 1.10 bits per heavy atom. The summed E-state index contributed by atoms with van der Waals surface area (Å²) in [6.45, 7) is 2.47. The molecule has 4 aromatic rings. The number of H-pyrrole nitrogens is 1. The number of hydrogen-bond acceptors (Lipinski definition) is 6. The van der Waals surface area contributed by atoms with Gasteiger partial charge in [-0.3, -0.25) is 4.21 Å². The number of benzene rings is 2. The van der Waals surface area contributed by atoms with Crippen LogP contribution in [0.4, 0.5) is 11.4 Å². The maximum atomic E-state index is 10.6. The number of para-hydroxylation sites is 1. The predicted molar refractivity (Wildman–Crippen MR) is 117 cm³/mol. The van der Waals surface area contributed by atoms with E-state index in [9.17, 15) is 8.76 Å². The standard InChI is InChI=1S/C21H22N6O2S/c1-14-8-9-15(5-4-10-26-30(28)29)11-18(14)27-17-7-3-2-6-16(17)19-20-21(24-12-22-19)25-13-23-20/h2-3,6-9,11-13,26-27H,4-5,10H2,1H3,(H,28,29)(H,22,23,24,25)/p-1. The molecule has 0 spiro atoms. The van der Waals surface area contributed by atoms with E-state index >= 15 is 0 Å². The Bertz CT molecular complexity index is 1190. The number of aromatic amines is 1. The van der Waals surface area contributed by atoms with Crippen molar-refractivity contribution in [3.8, 4) is 11.3 Å². The second-order valence-electron chi connectivity index (χ2n) is 6.88. The molecule has 0 aliphatic rings. The molecule has 154 valence electrons. The SMILES string of the molecule is Cc1ccc(CCCNS(=O)[O-])cc1Nc1ccccc1-c1ncnc2nc[nH]c12. The Kier molecular flexibility index (Phi) is 6.12. The average molecular weight is 422 g/mol. The molecule has 0 aliphatic carbocycles. The van der Waals surface area contributed by atoms with Crippen molar-refractivity contribution in [1.29, 1.82) is 0 Å². The number of nitrogens with one attached hydrogen (secondary N) is 3. The Hall–Kier alpha value is -3.14. The van der Waals surface area contributed by atoms with Crippen LogP contribution in [0.15, 0.2) is 55.1 Å². The smallest absolute Gasteiger partial charge is 0.181 e. The van der Waals surface area contributed by atoms with Crippen LogP contribution < -0.4 is 10.0 Å². The molecule has 30 heavy (non-hydrogen) atoms. The van der Waals surface area contributed by atoms with E-state index in [2.05, 4.69) is 55.1 Å². The molecule has 0 saturated carbocycles. The second kappa shape index (κ2) is 9.12. The summed E-state index contributed by atoms with van der Waals surface area (Å²) in [4.78, 5) is 16.0. The topological polar surface area (TPSA) is 119 Å². The number of rotatable bonds is 8. The third kappa shape index (κ3) is 4.54. The summed E-state index contributed by atoms with van der Waals surface area (Å²) in [5.74, 6) is 0. The van der Waals surface area contributed by atoms with Gasteiger partial charge in [0.25, 0.3) is 0 Å². The van der Waals surface area contributed by atoms with Crippen LogP contribution in [-0.2, 0) is 17.7 Å². The van der Waals surface area contributed by atoms with Gasteiger partial charge in [-0.05, 0) is 43.0 Å². The van der Waals surface area contributed by atoms with Crippen LogP contribution in [0.2, 0.25) is 0 Å². The van der Waals surface area contributed by atoms with Gasteiger partial charge in [0.2, 0.25) is 0 Å². The lowest BCUT2D eigenvalue weighted by Gasteiger charge is -2.15. The van der Waals surface area contributed by atoms with Crippen LogP contribution in [0.1, 0.15) is 17.5 Å². The Morgan fingerprint density at radius 3 is 2.83 bits per heavy atom. The fourth-order valence-electron chi connectivity index (χ4n) is 3.32. The maximum absolute atomic E-state index is 10.6. The normalized spacial score (nSPS) is 12.2. The van der Waals surface area contributed by atoms with Crippen molar-refractivity contribution < 1.29 is 8.76 Å². The van der Waals surface area contributed by atoms with E-state index in [0.717, 1.165) is 52.1 Å². The van der Waals surface area contributed by atoms with Crippen molar-refractivity contribution in [2.24, 2.45) is 0 Å². The Labute approximate surface area is 176 Å². The number of aromatic nitrogens is 4. The summed E-state index contributed by atoms with van der Waals surface area (Å²) >= 11 is -2.22. The Morgan fingerprint density at radius 2 is 1.97 bits per heavy atom. The molecule has 1 unspecified atom stereocenters. The molecule has 0 aliphatic heterocycles. The highest BCUT2D eigenvalue weighted by Crippen LogP contribution is 2.33. The largest absolute Gasteiger partial charge is 0.760 e. The molecule has 2 aromatic heterocycles. The molecule has 0 fully saturated rings. The minimum absolute atomic E-state index is 0.420. The molecule has 0 radical (unpaired) electrons. The lowest BCUT2D eigenvalue weighted by molar-refractivity contribution is 0.521. The summed E-state index contributed by atoms with van der Waals surface area (Å²) in [6, 6.07) is 14.2. The number of nitrogens with zero attached hydrogens (tertiary/aromatic N) is 3. The van der Waals surface area contributed by atoms with Crippen LogP contribution in [-0.4, -0.2) is 35.2 Å². The molecule has 1 atom stereocenters. The minimum Gasteiger partial charge on any atom is -0.760 e. The zero-order chi connectivity index (χ0) is 20.9. The first kappa shape index (κ1) is 20.1. The fourth-order valence-corrected chi connectivity index (χ4v) is 3.63. The maximum Gasteiger partial charge on any atom is 0.181 e. The summed E-state index contributed by atoms with van der Waals surface area (Å²) in [5.41, 5.74) is 7.32. The van der Waals surface area contributed by atoms with Gasteiger partial charge in [0.05, 0.1) is 6.33 Å². The minimum atomic E-state index is -2.22. The van der Waals surface area contributed by atoms with Crippen LogP contribution >= 0.6 is 0 Å². The third-order valence-corrected chi connectivity index (χ3v) is 5.28. The molecular weight excluding hydrogens is 400 g/mol. The second-order valence-corrected chi connectivity index (χ2v) is 7.63. The van der Waals surface area contributed by atoms with Crippen molar-refractivity contribution in [2.75, 3.05) is 11.9 Å². The van der Waals surface area contributed by atoms with Gasteiger partial charge in [0.15, 0.2) is 5.65 Å². The van der Waals surface area contributed by atoms with Gasteiger partial charge in [-0.15, -0.1) is 0 Å². The first-order chi connectivity index (χ1) is 14.6. The summed E-state index contributed by atoms with van der Waals surface area (Å²) in [6.07, 6.45) is 4.64. The molecule has 0 saturated heterocycles. The molecule has 0 bridgehead atoms. The number of anilines is 2. The molecule has 8 nitrogen and oxygen atoms in total. The van der Waals surface area contributed by atoms with E-state index < -0.39 is 11.3 Å². The molecule has 4 rings (SSSR count). The van der Waals surface area contributed by atoms with Crippen LogP contribution in [0, 0.1) is 6.92 Å². The lowest BCUT2D eigenvalue weighted by atomic mass is 10.0. The first-order valence-corrected chi connectivity index (χ1v) is 10.6. The first-order valence-electron chi connectivity index (χ1n) is 9.54. The van der Waals surface area contributed by atoms with Crippen molar-refractivity contribution in [2.45, 2.75) is 19.8 Å². The molecule has 9 heteroatoms. The molecular formula is C21H21N6O2S-. The quantitative estimate of drug-likeness (QED) is 0.296. The van der Waals surface area contributed by atoms with E-state index in [0.29, 0.717) is 12.2 Å². The van der Waals surface area contributed by atoms with E-state index in [1.54, 1.807) is 6.33 Å². The zero-order valence-electron chi connectivity index (χ0n) is 16.4. The highest BCUT2D eigenvalue weighted by Gasteiger charge is 2.13. The lowest BCUT2D eigenvalue weighted by Crippen LogP contribution is -2.18. The van der Waals surface area contributed by atoms with Gasteiger partial charge in [-0.2, -0.15) is 0 Å². The molecule has 3 N–H and O–H groups in total. The predicted octanol–water partition coefficient (Wildman–Crippen LogP) is 3.39. The summed E-state index contributed by atoms with van der Waals surface area (Å²) < 4.78 is 23.6. The van der Waals surface area contributed by atoms with E-state index in [-0.39, 0.29) is 0 Å². The van der Waals surface area contributed by atoms with Crippen LogP contribution in [0.5, 0.6) is 0 Å². The Balaban J connectivity index is 1.60. The van der Waals surface area contributed by atoms with E-state index in [1.807, 2.05) is 24.3 Å². The summed E-state index contributed by atoms with van der Waals surface area (Å²) in [5, 5.41) is 3.54. The fraction of sp³-hybridized carbons (Fsp3) is 0.190. The van der Waals surface area contributed by atoms with Crippen LogP contribution in [0.25, 0.3) is 22.4 Å². The highest BCUT2D eigenvalue weighted by molar-refractivity contribution is 7.77. The number of fused-ring (bicyclic) bond motifs is 1. The average Bonchev–Trinajstić information content (AvgIpc) is 3.23. The van der Waals surface area contributed by atoms with Gasteiger partial charge in [-0.25, -0.2) is 19.7 Å². The van der Waals surface area contributed by atoms with Gasteiger partial charge in [0.1, 0.15) is 17.5 Å². The van der Waals surface area contributed by atoms with Crippen LogP contribution in [0.3, 0.4) is 0 Å². The molecule has 2 heterocycles. The van der Waals surface area contributed by atoms with Gasteiger partial charge < -0.3 is 14.9 Å². The molecule has 2 aromatic carbocycles. The third-order valence-electron chi connectivity index (χ3n) is 4.84. The number of aryl methyl sites for hydroxylation is 2. The van der Waals surface area contributed by atoms with Crippen molar-refractivity contribution >= 4 is 33.8 Å².